The van der Waals surface area contributed by atoms with Crippen molar-refractivity contribution in [2.45, 2.75) is 19.4 Å². The maximum Gasteiger partial charge on any atom is 0.261 e. The number of carbonyl (C=O) groups excluding carboxylic acids is 1. The van der Waals surface area contributed by atoms with E-state index < -0.39 is 0 Å². The average molecular weight is 451 g/mol. The predicted octanol–water partition coefficient (Wildman–Crippen LogP) is 3.87. The third-order valence-corrected chi connectivity index (χ3v) is 5.74. The van der Waals surface area contributed by atoms with Gasteiger partial charge in [-0.1, -0.05) is 28.9 Å². The van der Waals surface area contributed by atoms with Gasteiger partial charge in [-0.25, -0.2) is 0 Å². The van der Waals surface area contributed by atoms with Gasteiger partial charge in [-0.15, -0.1) is 0 Å². The molecule has 1 unspecified atom stereocenters. The number of aromatic nitrogens is 5. The molecule has 1 atom stereocenters. The summed E-state index contributed by atoms with van der Waals surface area (Å²) in [5.74, 6) is 1.05. The van der Waals surface area contributed by atoms with Gasteiger partial charge in [0.05, 0.1) is 47.4 Å². The van der Waals surface area contributed by atoms with E-state index in [2.05, 4.69) is 20.3 Å². The number of likely N-dealkylation sites (tertiary alicyclic amines) is 1. The Kier molecular flexibility index (Phi) is 5.10. The highest BCUT2D eigenvalue weighted by Gasteiger charge is 2.38. The van der Waals surface area contributed by atoms with E-state index in [0.29, 0.717) is 40.0 Å². The van der Waals surface area contributed by atoms with Crippen LogP contribution >= 0.6 is 11.6 Å². The quantitative estimate of drug-likeness (QED) is 0.455. The number of amides is 1. The van der Waals surface area contributed by atoms with Crippen LogP contribution in [0.5, 0.6) is 5.75 Å². The van der Waals surface area contributed by atoms with E-state index in [1.807, 2.05) is 19.1 Å². The van der Waals surface area contributed by atoms with Crippen molar-refractivity contribution in [3.05, 3.63) is 70.8 Å². The number of hydrogen-bond donors (Lipinski definition) is 0. The van der Waals surface area contributed by atoms with Crippen LogP contribution in [0.3, 0.4) is 0 Å². The zero-order chi connectivity index (χ0) is 22.2. The standard InChI is InChI=1S/C22H19ClN6O3/c1-13-6-7-14(18(12-13)29-24-9-10-25-29)22(30)28-11-8-17(28)20-26-21(32-27-20)15-4-3-5-16(23)19(15)31-2/h3-7,9-10,12,17H,8,11H2,1-2H3. The Balaban J connectivity index is 1.44. The molecule has 1 saturated heterocycles. The molecule has 1 aliphatic rings. The summed E-state index contributed by atoms with van der Waals surface area (Å²) in [5.41, 5.74) is 2.74. The molecule has 1 aliphatic heterocycles. The molecule has 3 heterocycles. The second-order valence-corrected chi connectivity index (χ2v) is 7.83. The molecule has 4 aromatic rings. The highest BCUT2D eigenvalue weighted by Crippen LogP contribution is 2.38. The van der Waals surface area contributed by atoms with Crippen LogP contribution < -0.4 is 4.74 Å². The Labute approximate surface area is 188 Å². The number of aryl methyl sites for hydroxylation is 1. The fourth-order valence-electron chi connectivity index (χ4n) is 3.75. The number of carbonyl (C=O) groups is 1. The monoisotopic (exact) mass is 450 g/mol. The molecular weight excluding hydrogens is 432 g/mol. The molecule has 162 valence electrons. The molecule has 2 aromatic carbocycles. The molecule has 0 aliphatic carbocycles. The molecule has 9 nitrogen and oxygen atoms in total. The fourth-order valence-corrected chi connectivity index (χ4v) is 4.00. The summed E-state index contributed by atoms with van der Waals surface area (Å²) >= 11 is 6.21. The largest absolute Gasteiger partial charge is 0.494 e. The molecule has 0 radical (unpaired) electrons. The first kappa shape index (κ1) is 20.2. The smallest absolute Gasteiger partial charge is 0.261 e. The number of benzene rings is 2. The molecule has 2 aromatic heterocycles. The molecule has 32 heavy (non-hydrogen) atoms. The summed E-state index contributed by atoms with van der Waals surface area (Å²) in [6, 6.07) is 10.6. The van der Waals surface area contributed by atoms with Gasteiger partial charge < -0.3 is 14.2 Å². The van der Waals surface area contributed by atoms with E-state index in [1.54, 1.807) is 41.6 Å². The number of rotatable bonds is 5. The molecule has 10 heteroatoms. The first-order chi connectivity index (χ1) is 15.6. The minimum atomic E-state index is -0.287. The van der Waals surface area contributed by atoms with Gasteiger partial charge >= 0.3 is 0 Å². The zero-order valence-electron chi connectivity index (χ0n) is 17.4. The number of hydrogen-bond acceptors (Lipinski definition) is 7. The summed E-state index contributed by atoms with van der Waals surface area (Å²) in [7, 11) is 1.53. The Morgan fingerprint density at radius 3 is 2.75 bits per heavy atom. The SMILES string of the molecule is COc1c(Cl)cccc1-c1nc(C2CCN2C(=O)c2ccc(C)cc2-n2nccn2)no1. The van der Waals surface area contributed by atoms with Gasteiger partial charge in [0.1, 0.15) is 5.75 Å². The van der Waals surface area contributed by atoms with Crippen molar-refractivity contribution in [2.24, 2.45) is 0 Å². The number of methoxy groups -OCH3 is 1. The van der Waals surface area contributed by atoms with Crippen molar-refractivity contribution < 1.29 is 14.1 Å². The van der Waals surface area contributed by atoms with Crippen LogP contribution in [-0.2, 0) is 0 Å². The first-order valence-electron chi connectivity index (χ1n) is 10.0. The van der Waals surface area contributed by atoms with Crippen molar-refractivity contribution in [2.75, 3.05) is 13.7 Å². The Morgan fingerprint density at radius 2 is 2.03 bits per heavy atom. The lowest BCUT2D eigenvalue weighted by Gasteiger charge is -2.39. The van der Waals surface area contributed by atoms with Crippen LogP contribution in [0.15, 0.2) is 53.3 Å². The Bertz CT molecular complexity index is 1290. The van der Waals surface area contributed by atoms with E-state index in [0.717, 1.165) is 12.0 Å². The van der Waals surface area contributed by atoms with Gasteiger partial charge in [-0.3, -0.25) is 4.79 Å². The van der Waals surface area contributed by atoms with Gasteiger partial charge in [0.25, 0.3) is 11.8 Å². The van der Waals surface area contributed by atoms with Crippen molar-refractivity contribution >= 4 is 17.5 Å². The summed E-state index contributed by atoms with van der Waals surface area (Å²) in [6.07, 6.45) is 3.89. The zero-order valence-corrected chi connectivity index (χ0v) is 18.2. The Hall–Kier alpha value is -3.72. The minimum absolute atomic E-state index is 0.139. The van der Waals surface area contributed by atoms with Crippen LogP contribution in [0.1, 0.15) is 34.2 Å². The molecule has 5 rings (SSSR count). The summed E-state index contributed by atoms with van der Waals surface area (Å²) in [6.45, 7) is 2.55. The van der Waals surface area contributed by atoms with E-state index >= 15 is 0 Å². The van der Waals surface area contributed by atoms with Crippen LogP contribution in [-0.4, -0.2) is 49.6 Å². The number of nitrogens with zero attached hydrogens (tertiary/aromatic N) is 6. The summed E-state index contributed by atoms with van der Waals surface area (Å²) in [5, 5.41) is 12.9. The van der Waals surface area contributed by atoms with Crippen molar-refractivity contribution in [1.82, 2.24) is 30.0 Å². The van der Waals surface area contributed by atoms with E-state index in [4.69, 9.17) is 20.9 Å². The van der Waals surface area contributed by atoms with E-state index in [-0.39, 0.29) is 17.8 Å². The molecular formula is C22H19ClN6O3. The lowest BCUT2D eigenvalue weighted by atomic mass is 9.99. The van der Waals surface area contributed by atoms with Crippen molar-refractivity contribution in [3.8, 4) is 22.9 Å². The lowest BCUT2D eigenvalue weighted by Crippen LogP contribution is -2.45. The number of para-hydroxylation sites is 1. The highest BCUT2D eigenvalue weighted by molar-refractivity contribution is 6.32. The van der Waals surface area contributed by atoms with E-state index in [9.17, 15) is 4.79 Å². The molecule has 1 fully saturated rings. The number of ether oxygens (including phenoxy) is 1. The predicted molar refractivity (Wildman–Crippen MR) is 116 cm³/mol. The third kappa shape index (κ3) is 3.40. The number of halogens is 1. The summed E-state index contributed by atoms with van der Waals surface area (Å²) < 4.78 is 10.9. The van der Waals surface area contributed by atoms with Gasteiger partial charge in [-0.2, -0.15) is 20.0 Å². The normalized spacial score (nSPS) is 15.5. The second kappa shape index (κ2) is 8.08. The molecule has 0 N–H and O–H groups in total. The van der Waals surface area contributed by atoms with Crippen molar-refractivity contribution in [3.63, 3.8) is 0 Å². The van der Waals surface area contributed by atoms with Crippen LogP contribution in [0.25, 0.3) is 17.1 Å². The van der Waals surface area contributed by atoms with Gasteiger partial charge in [0.2, 0.25) is 0 Å². The van der Waals surface area contributed by atoms with Crippen LogP contribution in [0.2, 0.25) is 5.02 Å². The van der Waals surface area contributed by atoms with E-state index in [1.165, 1.54) is 11.9 Å². The molecule has 1 amide bonds. The van der Waals surface area contributed by atoms with Crippen LogP contribution in [0.4, 0.5) is 0 Å². The van der Waals surface area contributed by atoms with Gasteiger partial charge in [0.15, 0.2) is 5.82 Å². The third-order valence-electron chi connectivity index (χ3n) is 5.44. The van der Waals surface area contributed by atoms with Gasteiger partial charge in [-0.05, 0) is 43.2 Å². The first-order valence-corrected chi connectivity index (χ1v) is 10.4. The van der Waals surface area contributed by atoms with Gasteiger partial charge in [0, 0.05) is 6.54 Å². The second-order valence-electron chi connectivity index (χ2n) is 7.42. The molecule has 0 bridgehead atoms. The average Bonchev–Trinajstić information content (AvgIpc) is 3.45. The highest BCUT2D eigenvalue weighted by atomic mass is 35.5. The molecule has 0 saturated carbocycles. The maximum atomic E-state index is 13.4. The fraction of sp³-hybridized carbons (Fsp3) is 0.227. The minimum Gasteiger partial charge on any atom is -0.494 e. The topological polar surface area (TPSA) is 99.2 Å². The van der Waals surface area contributed by atoms with Crippen LogP contribution in [0, 0.1) is 6.92 Å². The Morgan fingerprint density at radius 1 is 1.22 bits per heavy atom. The summed E-state index contributed by atoms with van der Waals surface area (Å²) in [4.78, 5) is 21.1. The van der Waals surface area contributed by atoms with Crippen molar-refractivity contribution in [1.29, 1.82) is 0 Å². The maximum absolute atomic E-state index is 13.4. The molecule has 0 spiro atoms. The lowest BCUT2D eigenvalue weighted by molar-refractivity contribution is 0.0435.